The molecule has 26 heavy (non-hydrogen) atoms. The number of amidine groups is 1. The molecule has 1 aliphatic carbocycles. The summed E-state index contributed by atoms with van der Waals surface area (Å²) in [5.41, 5.74) is 2.29. The maximum atomic E-state index is 6.06. The van der Waals surface area contributed by atoms with Crippen LogP contribution in [-0.2, 0) is 0 Å². The van der Waals surface area contributed by atoms with Crippen LogP contribution < -0.4 is 9.64 Å². The summed E-state index contributed by atoms with van der Waals surface area (Å²) in [6, 6.07) is 16.6. The Morgan fingerprint density at radius 2 is 1.88 bits per heavy atom. The highest BCUT2D eigenvalue weighted by molar-refractivity contribution is 6.30. The molecule has 0 spiro atoms. The van der Waals surface area contributed by atoms with Crippen molar-refractivity contribution in [2.75, 3.05) is 12.0 Å². The molecule has 0 bridgehead atoms. The van der Waals surface area contributed by atoms with Crippen molar-refractivity contribution in [2.24, 2.45) is 4.99 Å². The van der Waals surface area contributed by atoms with Gasteiger partial charge in [0.15, 0.2) is 0 Å². The standard InChI is InChI=1S/C22H21ClN2O/c1-26-21-10-6-5-9-19(21)25-20(16-11-13-17(23)14-12-16)15-22(25)24-18-7-3-2-4-8-18/h2-7,9-14,18,20H,8,15H2,1H3. The van der Waals surface area contributed by atoms with Gasteiger partial charge in [-0.3, -0.25) is 4.99 Å². The van der Waals surface area contributed by atoms with E-state index in [9.17, 15) is 0 Å². The van der Waals surface area contributed by atoms with E-state index in [1.54, 1.807) is 7.11 Å². The number of allylic oxidation sites excluding steroid dienone is 2. The molecule has 2 aromatic carbocycles. The first kappa shape index (κ1) is 16.9. The van der Waals surface area contributed by atoms with Crippen molar-refractivity contribution in [3.8, 4) is 5.75 Å². The molecule has 132 valence electrons. The summed E-state index contributed by atoms with van der Waals surface area (Å²) in [4.78, 5) is 7.28. The molecule has 1 aliphatic heterocycles. The van der Waals surface area contributed by atoms with E-state index >= 15 is 0 Å². The average Bonchev–Trinajstić information content (AvgIpc) is 2.67. The summed E-state index contributed by atoms with van der Waals surface area (Å²) < 4.78 is 5.60. The first-order chi connectivity index (χ1) is 12.8. The Hall–Kier alpha value is -2.52. The Kier molecular flexibility index (Phi) is 4.81. The first-order valence-corrected chi connectivity index (χ1v) is 9.22. The Morgan fingerprint density at radius 1 is 1.08 bits per heavy atom. The molecule has 4 heteroatoms. The van der Waals surface area contributed by atoms with Crippen molar-refractivity contribution in [3.05, 3.63) is 83.4 Å². The van der Waals surface area contributed by atoms with E-state index in [-0.39, 0.29) is 12.1 Å². The average molecular weight is 365 g/mol. The minimum atomic E-state index is 0.207. The van der Waals surface area contributed by atoms with E-state index in [4.69, 9.17) is 21.3 Å². The third kappa shape index (κ3) is 3.27. The van der Waals surface area contributed by atoms with E-state index in [2.05, 4.69) is 47.4 Å². The second-order valence-corrected chi connectivity index (χ2v) is 6.91. The van der Waals surface area contributed by atoms with Gasteiger partial charge in [-0.05, 0) is 36.2 Å². The number of methoxy groups -OCH3 is 1. The van der Waals surface area contributed by atoms with Crippen LogP contribution in [0.5, 0.6) is 5.75 Å². The van der Waals surface area contributed by atoms with E-state index in [1.165, 1.54) is 5.56 Å². The molecule has 2 unspecified atom stereocenters. The van der Waals surface area contributed by atoms with Gasteiger partial charge in [0, 0.05) is 11.4 Å². The lowest BCUT2D eigenvalue weighted by Crippen LogP contribution is -2.47. The molecular weight excluding hydrogens is 344 g/mol. The number of para-hydroxylation sites is 2. The highest BCUT2D eigenvalue weighted by Crippen LogP contribution is 2.43. The summed E-state index contributed by atoms with van der Waals surface area (Å²) in [7, 11) is 1.71. The lowest BCUT2D eigenvalue weighted by Gasteiger charge is -2.45. The van der Waals surface area contributed by atoms with Gasteiger partial charge in [0.25, 0.3) is 0 Å². The molecule has 1 saturated heterocycles. The molecule has 3 nitrogen and oxygen atoms in total. The van der Waals surface area contributed by atoms with Crippen molar-refractivity contribution in [1.82, 2.24) is 0 Å². The third-order valence-corrected chi connectivity index (χ3v) is 5.09. The molecule has 2 aromatic rings. The summed E-state index contributed by atoms with van der Waals surface area (Å²) in [5.74, 6) is 1.96. The minimum absolute atomic E-state index is 0.207. The molecule has 0 saturated carbocycles. The molecule has 2 atom stereocenters. The van der Waals surface area contributed by atoms with Crippen LogP contribution >= 0.6 is 11.6 Å². The highest BCUT2D eigenvalue weighted by Gasteiger charge is 2.38. The van der Waals surface area contributed by atoms with E-state index in [1.807, 2.05) is 30.3 Å². The van der Waals surface area contributed by atoms with Gasteiger partial charge in [-0.15, -0.1) is 0 Å². The number of aliphatic imine (C=N–C) groups is 1. The van der Waals surface area contributed by atoms with Crippen LogP contribution in [0.1, 0.15) is 24.4 Å². The van der Waals surface area contributed by atoms with Gasteiger partial charge < -0.3 is 9.64 Å². The largest absolute Gasteiger partial charge is 0.495 e. The first-order valence-electron chi connectivity index (χ1n) is 8.84. The number of hydrogen-bond acceptors (Lipinski definition) is 2. The highest BCUT2D eigenvalue weighted by atomic mass is 35.5. The Morgan fingerprint density at radius 3 is 2.62 bits per heavy atom. The molecule has 1 fully saturated rings. The van der Waals surface area contributed by atoms with Crippen molar-refractivity contribution >= 4 is 23.1 Å². The van der Waals surface area contributed by atoms with Crippen molar-refractivity contribution in [2.45, 2.75) is 24.9 Å². The fourth-order valence-electron chi connectivity index (χ4n) is 3.49. The van der Waals surface area contributed by atoms with Crippen molar-refractivity contribution in [1.29, 1.82) is 0 Å². The molecule has 4 rings (SSSR count). The van der Waals surface area contributed by atoms with Gasteiger partial charge >= 0.3 is 0 Å². The van der Waals surface area contributed by atoms with E-state index < -0.39 is 0 Å². The molecule has 0 N–H and O–H groups in total. The van der Waals surface area contributed by atoms with E-state index in [0.29, 0.717) is 0 Å². The minimum Gasteiger partial charge on any atom is -0.495 e. The Labute approximate surface area is 159 Å². The van der Waals surface area contributed by atoms with Gasteiger partial charge in [0.1, 0.15) is 11.6 Å². The zero-order chi connectivity index (χ0) is 17.9. The quantitative estimate of drug-likeness (QED) is 0.707. The fourth-order valence-corrected chi connectivity index (χ4v) is 3.61. The normalized spacial score (nSPS) is 23.2. The Balaban J connectivity index is 1.70. The summed E-state index contributed by atoms with van der Waals surface area (Å²) in [5, 5.41) is 0.755. The Bertz CT molecular complexity index is 870. The summed E-state index contributed by atoms with van der Waals surface area (Å²) >= 11 is 6.06. The van der Waals surface area contributed by atoms with E-state index in [0.717, 1.165) is 35.1 Å². The monoisotopic (exact) mass is 364 g/mol. The maximum Gasteiger partial charge on any atom is 0.142 e. The van der Waals surface area contributed by atoms with Gasteiger partial charge in [0.05, 0.1) is 24.9 Å². The molecular formula is C22H21ClN2O. The van der Waals surface area contributed by atoms with Crippen molar-refractivity contribution in [3.63, 3.8) is 0 Å². The van der Waals surface area contributed by atoms with Crippen LogP contribution in [-0.4, -0.2) is 19.0 Å². The van der Waals surface area contributed by atoms with Gasteiger partial charge in [-0.2, -0.15) is 0 Å². The lowest BCUT2D eigenvalue weighted by atomic mass is 9.92. The predicted molar refractivity (Wildman–Crippen MR) is 108 cm³/mol. The zero-order valence-corrected chi connectivity index (χ0v) is 15.4. The van der Waals surface area contributed by atoms with Crippen LogP contribution in [0.3, 0.4) is 0 Å². The van der Waals surface area contributed by atoms with Crippen LogP contribution in [0.15, 0.2) is 77.8 Å². The number of benzene rings is 2. The fraction of sp³-hybridized carbons (Fsp3) is 0.227. The van der Waals surface area contributed by atoms with Crippen molar-refractivity contribution < 1.29 is 4.74 Å². The SMILES string of the molecule is COc1ccccc1N1C(=NC2C=CC=CC2)CC1c1ccc(Cl)cc1. The van der Waals surface area contributed by atoms with Crippen LogP contribution in [0.2, 0.25) is 5.02 Å². The number of hydrogen-bond donors (Lipinski definition) is 0. The number of anilines is 1. The second kappa shape index (κ2) is 7.38. The topological polar surface area (TPSA) is 24.8 Å². The third-order valence-electron chi connectivity index (χ3n) is 4.84. The number of nitrogens with zero attached hydrogens (tertiary/aromatic N) is 2. The number of halogens is 1. The molecule has 2 aliphatic rings. The smallest absolute Gasteiger partial charge is 0.142 e. The molecule has 1 heterocycles. The van der Waals surface area contributed by atoms with Crippen LogP contribution in [0.25, 0.3) is 0 Å². The van der Waals surface area contributed by atoms with Gasteiger partial charge in [0.2, 0.25) is 0 Å². The van der Waals surface area contributed by atoms with Crippen LogP contribution in [0.4, 0.5) is 5.69 Å². The lowest BCUT2D eigenvalue weighted by molar-refractivity contribution is 0.413. The van der Waals surface area contributed by atoms with Gasteiger partial charge in [-0.1, -0.05) is 60.2 Å². The number of ether oxygens (including phenoxy) is 1. The summed E-state index contributed by atoms with van der Waals surface area (Å²) in [6.07, 6.45) is 10.3. The second-order valence-electron chi connectivity index (χ2n) is 6.47. The number of rotatable bonds is 4. The van der Waals surface area contributed by atoms with Gasteiger partial charge in [-0.25, -0.2) is 0 Å². The molecule has 0 amide bonds. The van der Waals surface area contributed by atoms with Crippen LogP contribution in [0, 0.1) is 0 Å². The molecule has 0 aromatic heterocycles. The molecule has 0 radical (unpaired) electrons. The predicted octanol–water partition coefficient (Wildman–Crippen LogP) is 5.58. The zero-order valence-electron chi connectivity index (χ0n) is 14.7. The summed E-state index contributed by atoms with van der Waals surface area (Å²) in [6.45, 7) is 0. The maximum absolute atomic E-state index is 6.06.